The van der Waals surface area contributed by atoms with Crippen LogP contribution >= 0.6 is 0 Å². The SMILES string of the molecule is NC(=O)C1CCCCN1c1ccc(S(N)(=O)=O)c(N)c1. The molecule has 20 heavy (non-hydrogen) atoms. The molecule has 1 fully saturated rings. The number of nitrogens with two attached hydrogens (primary N) is 3. The Kier molecular flexibility index (Phi) is 3.87. The van der Waals surface area contributed by atoms with E-state index >= 15 is 0 Å². The quantitative estimate of drug-likeness (QED) is 0.662. The van der Waals surface area contributed by atoms with Gasteiger partial charge >= 0.3 is 0 Å². The predicted octanol–water partition coefficient (Wildman–Crippen LogP) is -0.240. The Hall–Kier alpha value is -1.80. The van der Waals surface area contributed by atoms with Crippen LogP contribution in [0.4, 0.5) is 11.4 Å². The fraction of sp³-hybridized carbons (Fsp3) is 0.417. The number of nitrogens with zero attached hydrogens (tertiary/aromatic N) is 1. The van der Waals surface area contributed by atoms with Crippen LogP contribution in [0, 0.1) is 0 Å². The summed E-state index contributed by atoms with van der Waals surface area (Å²) in [5.41, 5.74) is 11.9. The summed E-state index contributed by atoms with van der Waals surface area (Å²) in [4.78, 5) is 13.2. The number of amides is 1. The van der Waals surface area contributed by atoms with Gasteiger partial charge in [-0.1, -0.05) is 0 Å². The molecule has 1 atom stereocenters. The summed E-state index contributed by atoms with van der Waals surface area (Å²) in [5.74, 6) is -0.390. The van der Waals surface area contributed by atoms with Crippen LogP contribution in [-0.2, 0) is 14.8 Å². The lowest BCUT2D eigenvalue weighted by atomic mass is 10.0. The molecule has 110 valence electrons. The molecular weight excluding hydrogens is 280 g/mol. The van der Waals surface area contributed by atoms with Gasteiger partial charge in [-0.25, -0.2) is 13.6 Å². The molecule has 6 N–H and O–H groups in total. The van der Waals surface area contributed by atoms with Gasteiger partial charge in [-0.05, 0) is 37.5 Å². The monoisotopic (exact) mass is 298 g/mol. The van der Waals surface area contributed by atoms with Gasteiger partial charge in [0.15, 0.2) is 0 Å². The molecule has 1 unspecified atom stereocenters. The van der Waals surface area contributed by atoms with E-state index in [4.69, 9.17) is 16.6 Å². The lowest BCUT2D eigenvalue weighted by molar-refractivity contribution is -0.119. The number of nitrogen functional groups attached to an aromatic ring is 1. The zero-order valence-corrected chi connectivity index (χ0v) is 11.8. The molecule has 1 amide bonds. The Morgan fingerprint density at radius 3 is 2.55 bits per heavy atom. The minimum absolute atomic E-state index is 0.0683. The second kappa shape index (κ2) is 5.29. The van der Waals surface area contributed by atoms with Gasteiger partial charge in [0.05, 0.1) is 5.69 Å². The molecule has 1 aliphatic heterocycles. The molecule has 0 spiro atoms. The lowest BCUT2D eigenvalue weighted by Gasteiger charge is -2.35. The summed E-state index contributed by atoms with van der Waals surface area (Å²) in [5, 5.41) is 5.07. The van der Waals surface area contributed by atoms with Crippen LogP contribution in [0.3, 0.4) is 0 Å². The molecular formula is C12H18N4O3S. The molecule has 0 bridgehead atoms. The highest BCUT2D eigenvalue weighted by Gasteiger charge is 2.27. The minimum Gasteiger partial charge on any atom is -0.398 e. The second-order valence-electron chi connectivity index (χ2n) is 4.87. The summed E-state index contributed by atoms with van der Waals surface area (Å²) in [7, 11) is -3.85. The Balaban J connectivity index is 2.38. The predicted molar refractivity (Wildman–Crippen MR) is 76.4 cm³/mol. The molecule has 8 heteroatoms. The second-order valence-corrected chi connectivity index (χ2v) is 6.40. The van der Waals surface area contributed by atoms with Crippen LogP contribution in [0.1, 0.15) is 19.3 Å². The van der Waals surface area contributed by atoms with Crippen LogP contribution in [0.15, 0.2) is 23.1 Å². The number of hydrogen-bond donors (Lipinski definition) is 3. The number of primary amides is 1. The summed E-state index contributed by atoms with van der Waals surface area (Å²) in [6.07, 6.45) is 2.57. The van der Waals surface area contributed by atoms with Crippen molar-refractivity contribution >= 4 is 27.3 Å². The van der Waals surface area contributed by atoms with E-state index in [0.29, 0.717) is 18.7 Å². The molecule has 1 aliphatic rings. The van der Waals surface area contributed by atoms with Crippen molar-refractivity contribution in [3.8, 4) is 0 Å². The average Bonchev–Trinajstić information content (AvgIpc) is 2.37. The Bertz CT molecular complexity index is 630. The highest BCUT2D eigenvalue weighted by molar-refractivity contribution is 7.89. The Morgan fingerprint density at radius 2 is 2.00 bits per heavy atom. The fourth-order valence-electron chi connectivity index (χ4n) is 2.51. The van der Waals surface area contributed by atoms with E-state index in [1.165, 1.54) is 12.1 Å². The minimum atomic E-state index is -3.85. The van der Waals surface area contributed by atoms with E-state index < -0.39 is 15.9 Å². The number of carbonyl (C=O) groups is 1. The van der Waals surface area contributed by atoms with E-state index in [9.17, 15) is 13.2 Å². The highest BCUT2D eigenvalue weighted by atomic mass is 32.2. The van der Waals surface area contributed by atoms with Gasteiger partial charge in [-0.3, -0.25) is 4.79 Å². The van der Waals surface area contributed by atoms with E-state index in [-0.39, 0.29) is 16.6 Å². The van der Waals surface area contributed by atoms with E-state index in [1.54, 1.807) is 6.07 Å². The van der Waals surface area contributed by atoms with E-state index in [0.717, 1.165) is 12.8 Å². The number of carbonyl (C=O) groups excluding carboxylic acids is 1. The van der Waals surface area contributed by atoms with Gasteiger partial charge < -0.3 is 16.4 Å². The third kappa shape index (κ3) is 2.86. The lowest BCUT2D eigenvalue weighted by Crippen LogP contribution is -2.47. The van der Waals surface area contributed by atoms with Crippen molar-refractivity contribution in [3.63, 3.8) is 0 Å². The number of rotatable bonds is 3. The standard InChI is InChI=1S/C12H18N4O3S/c13-9-7-8(4-5-11(9)20(15,18)19)16-6-2-1-3-10(16)12(14)17/h4-5,7,10H,1-3,6,13H2,(H2,14,17)(H2,15,18,19). The normalized spacial score (nSPS) is 19.9. The molecule has 1 heterocycles. The van der Waals surface area contributed by atoms with Crippen LogP contribution in [-0.4, -0.2) is 26.9 Å². The summed E-state index contributed by atoms with van der Waals surface area (Å²) in [6.45, 7) is 0.682. The van der Waals surface area contributed by atoms with Gasteiger partial charge in [0.25, 0.3) is 0 Å². The van der Waals surface area contributed by atoms with Crippen molar-refractivity contribution in [3.05, 3.63) is 18.2 Å². The molecule has 0 aromatic heterocycles. The van der Waals surface area contributed by atoms with E-state index in [2.05, 4.69) is 0 Å². The first-order valence-electron chi connectivity index (χ1n) is 6.29. The van der Waals surface area contributed by atoms with Gasteiger partial charge in [-0.15, -0.1) is 0 Å². The molecule has 2 rings (SSSR count). The number of hydrogen-bond acceptors (Lipinski definition) is 5. The van der Waals surface area contributed by atoms with Crippen LogP contribution in [0.25, 0.3) is 0 Å². The summed E-state index contributed by atoms with van der Waals surface area (Å²) >= 11 is 0. The third-order valence-electron chi connectivity index (χ3n) is 3.46. The molecule has 0 radical (unpaired) electrons. The number of anilines is 2. The highest BCUT2D eigenvalue weighted by Crippen LogP contribution is 2.29. The maximum absolute atomic E-state index is 11.5. The first-order chi connectivity index (χ1) is 9.30. The Morgan fingerprint density at radius 1 is 1.30 bits per heavy atom. The van der Waals surface area contributed by atoms with Crippen molar-refractivity contribution in [2.45, 2.75) is 30.2 Å². The number of piperidine rings is 1. The van der Waals surface area contributed by atoms with Crippen molar-refractivity contribution in [1.82, 2.24) is 0 Å². The van der Waals surface area contributed by atoms with E-state index in [1.807, 2.05) is 4.90 Å². The molecule has 1 aromatic carbocycles. The smallest absolute Gasteiger partial charge is 0.240 e. The van der Waals surface area contributed by atoms with Crippen LogP contribution < -0.4 is 21.5 Å². The van der Waals surface area contributed by atoms with Gasteiger partial charge in [0.1, 0.15) is 10.9 Å². The fourth-order valence-corrected chi connectivity index (χ4v) is 3.16. The number of benzene rings is 1. The van der Waals surface area contributed by atoms with Gasteiger partial charge in [0, 0.05) is 12.2 Å². The molecule has 0 aliphatic carbocycles. The first kappa shape index (κ1) is 14.6. The zero-order valence-electron chi connectivity index (χ0n) is 11.0. The molecule has 1 aromatic rings. The molecule has 7 nitrogen and oxygen atoms in total. The molecule has 0 saturated carbocycles. The summed E-state index contributed by atoms with van der Waals surface area (Å²) < 4.78 is 22.6. The number of primary sulfonamides is 1. The van der Waals surface area contributed by atoms with Crippen molar-refractivity contribution in [2.24, 2.45) is 10.9 Å². The summed E-state index contributed by atoms with van der Waals surface area (Å²) in [6, 6.07) is 4.08. The third-order valence-corrected chi connectivity index (χ3v) is 4.45. The maximum Gasteiger partial charge on any atom is 0.240 e. The first-order valence-corrected chi connectivity index (χ1v) is 7.83. The van der Waals surface area contributed by atoms with Crippen molar-refractivity contribution < 1.29 is 13.2 Å². The average molecular weight is 298 g/mol. The van der Waals surface area contributed by atoms with Crippen molar-refractivity contribution in [1.29, 1.82) is 0 Å². The van der Waals surface area contributed by atoms with Gasteiger partial charge in [0.2, 0.25) is 15.9 Å². The zero-order chi connectivity index (χ0) is 14.9. The molecule has 1 saturated heterocycles. The Labute approximate surface area is 117 Å². The number of sulfonamides is 1. The van der Waals surface area contributed by atoms with Crippen molar-refractivity contribution in [2.75, 3.05) is 17.2 Å². The maximum atomic E-state index is 11.5. The topological polar surface area (TPSA) is 133 Å². The largest absolute Gasteiger partial charge is 0.398 e. The van der Waals surface area contributed by atoms with Crippen LogP contribution in [0.2, 0.25) is 0 Å². The van der Waals surface area contributed by atoms with Gasteiger partial charge in [-0.2, -0.15) is 0 Å². The van der Waals surface area contributed by atoms with Crippen LogP contribution in [0.5, 0.6) is 0 Å².